The third-order valence-electron chi connectivity index (χ3n) is 14.2. The van der Waals surface area contributed by atoms with E-state index in [9.17, 15) is 0 Å². The molecule has 0 spiro atoms. The molecular formula is C63H46Si. The van der Waals surface area contributed by atoms with Gasteiger partial charge in [-0.1, -0.05) is 244 Å². The summed E-state index contributed by atoms with van der Waals surface area (Å²) in [5.41, 5.74) is 12.9. The second kappa shape index (κ2) is 15.1. The lowest BCUT2D eigenvalue weighted by atomic mass is 9.80. The first-order valence-electron chi connectivity index (χ1n) is 22.5. The molecule has 0 nitrogen and oxygen atoms in total. The fourth-order valence-corrected chi connectivity index (χ4v) is 16.0. The van der Waals surface area contributed by atoms with Crippen LogP contribution in [-0.2, 0) is 5.41 Å². The Morgan fingerprint density at radius 3 is 1.42 bits per heavy atom. The van der Waals surface area contributed by atoms with Crippen LogP contribution in [0.5, 0.6) is 0 Å². The molecule has 0 amide bonds. The molecule has 1 aliphatic rings. The van der Waals surface area contributed by atoms with E-state index in [0.29, 0.717) is 0 Å². The summed E-state index contributed by atoms with van der Waals surface area (Å²) >= 11 is 0. The smallest absolute Gasteiger partial charge is 0.0623 e. The van der Waals surface area contributed by atoms with Gasteiger partial charge >= 0.3 is 0 Å². The van der Waals surface area contributed by atoms with Crippen molar-refractivity contribution in [3.63, 3.8) is 0 Å². The zero-order valence-electron chi connectivity index (χ0n) is 36.1. The van der Waals surface area contributed by atoms with Crippen molar-refractivity contribution in [1.29, 1.82) is 0 Å². The number of rotatable bonds is 7. The maximum Gasteiger partial charge on any atom is 0.179 e. The summed E-state index contributed by atoms with van der Waals surface area (Å²) in [4.78, 5) is 0. The van der Waals surface area contributed by atoms with Crippen molar-refractivity contribution < 1.29 is 0 Å². The zero-order valence-corrected chi connectivity index (χ0v) is 37.1. The van der Waals surface area contributed by atoms with Gasteiger partial charge in [-0.05, 0) is 121 Å². The van der Waals surface area contributed by atoms with Crippen molar-refractivity contribution in [3.05, 3.63) is 254 Å². The molecule has 0 bridgehead atoms. The number of benzene rings is 11. The number of hydrogen-bond donors (Lipinski definition) is 0. The molecule has 0 radical (unpaired) electrons. The van der Waals surface area contributed by atoms with E-state index in [1.165, 1.54) is 109 Å². The Labute approximate surface area is 376 Å². The highest BCUT2D eigenvalue weighted by atomic mass is 28.3. The van der Waals surface area contributed by atoms with Gasteiger partial charge in [0.05, 0.1) is 0 Å². The van der Waals surface area contributed by atoms with Crippen LogP contribution < -0.4 is 20.7 Å². The van der Waals surface area contributed by atoms with Crippen molar-refractivity contribution in [2.24, 2.45) is 0 Å². The van der Waals surface area contributed by atoms with Crippen LogP contribution in [0, 0.1) is 0 Å². The van der Waals surface area contributed by atoms with Gasteiger partial charge in [0.25, 0.3) is 0 Å². The van der Waals surface area contributed by atoms with Gasteiger partial charge in [0.1, 0.15) is 0 Å². The molecule has 302 valence electrons. The van der Waals surface area contributed by atoms with Crippen LogP contribution in [0.3, 0.4) is 0 Å². The lowest BCUT2D eigenvalue weighted by molar-refractivity contribution is 0.660. The highest BCUT2D eigenvalue weighted by molar-refractivity contribution is 7.19. The Balaban J connectivity index is 1.14. The normalized spacial score (nSPS) is 13.0. The maximum atomic E-state index is 2.47. The van der Waals surface area contributed by atoms with E-state index in [1.807, 2.05) is 0 Å². The van der Waals surface area contributed by atoms with Crippen LogP contribution in [0.25, 0.3) is 76.8 Å². The van der Waals surface area contributed by atoms with Gasteiger partial charge in [0, 0.05) is 5.41 Å². The minimum Gasteiger partial charge on any atom is -0.0623 e. The molecule has 0 atom stereocenters. The Morgan fingerprint density at radius 1 is 0.281 bits per heavy atom. The summed E-state index contributed by atoms with van der Waals surface area (Å²) in [5.74, 6) is 0. The molecule has 0 saturated carbocycles. The largest absolute Gasteiger partial charge is 0.179 e. The maximum absolute atomic E-state index is 2.70. The molecule has 1 heteroatoms. The fraction of sp³-hybridized carbons (Fsp3) is 0.0476. The van der Waals surface area contributed by atoms with E-state index in [-0.39, 0.29) is 5.41 Å². The lowest BCUT2D eigenvalue weighted by Crippen LogP contribution is -2.74. The van der Waals surface area contributed by atoms with Crippen molar-refractivity contribution in [2.45, 2.75) is 19.3 Å². The first-order chi connectivity index (χ1) is 31.5. The molecule has 0 heterocycles. The minimum atomic E-state index is -2.70. The van der Waals surface area contributed by atoms with Gasteiger partial charge in [-0.2, -0.15) is 0 Å². The van der Waals surface area contributed by atoms with E-state index < -0.39 is 8.07 Å². The van der Waals surface area contributed by atoms with Crippen LogP contribution in [-0.4, -0.2) is 8.07 Å². The Morgan fingerprint density at radius 2 is 0.750 bits per heavy atom. The molecular weight excluding hydrogens is 785 g/mol. The third-order valence-corrected chi connectivity index (χ3v) is 19.0. The first-order valence-corrected chi connectivity index (χ1v) is 24.5. The summed E-state index contributed by atoms with van der Waals surface area (Å²) in [6.45, 7) is 4.76. The summed E-state index contributed by atoms with van der Waals surface area (Å²) < 4.78 is 0. The SMILES string of the molecule is CC1(C)c2ccccc2-c2c(-c3c4ccccc4c(-c4ccc([Si](c5ccccc5)(c5ccccc5)c5ccccc5)cc4)c4ccc(-c5ccc6ccccc6c5)cc34)cccc21. The standard InChI is InChI=1S/C63H46Si/c1-63(2)58-31-17-16-29-55(58)62-56(30-18-32-59(62)63)61-53-28-15-14-27-52(53)60(54-40-37-47(42-57(54)61)46-34-33-43-19-12-13-20-45(43)41-46)44-35-38-51(39-36-44)64(48-21-6-3-7-22-48,49-23-8-4-9-24-49)50-25-10-5-11-26-50/h3-42H,1-2H3. The predicted octanol–water partition coefficient (Wildman–Crippen LogP) is 13.8. The van der Waals surface area contributed by atoms with Crippen LogP contribution in [0.4, 0.5) is 0 Å². The summed E-state index contributed by atoms with van der Waals surface area (Å²) in [7, 11) is -2.70. The van der Waals surface area contributed by atoms with Gasteiger partial charge in [-0.3, -0.25) is 0 Å². The van der Waals surface area contributed by atoms with Gasteiger partial charge in [-0.15, -0.1) is 0 Å². The second-order valence-electron chi connectivity index (χ2n) is 17.9. The van der Waals surface area contributed by atoms with Crippen molar-refractivity contribution in [2.75, 3.05) is 0 Å². The quantitative estimate of drug-likeness (QED) is 0.0853. The molecule has 12 rings (SSSR count). The first kappa shape index (κ1) is 38.1. The van der Waals surface area contributed by atoms with E-state index in [2.05, 4.69) is 257 Å². The van der Waals surface area contributed by atoms with E-state index in [0.717, 1.165) is 0 Å². The van der Waals surface area contributed by atoms with Crippen LogP contribution >= 0.6 is 0 Å². The molecule has 0 N–H and O–H groups in total. The summed E-state index contributed by atoms with van der Waals surface area (Å²) in [6.07, 6.45) is 0. The van der Waals surface area contributed by atoms with Crippen LogP contribution in [0.1, 0.15) is 25.0 Å². The van der Waals surface area contributed by atoms with Gasteiger partial charge in [-0.25, -0.2) is 0 Å². The second-order valence-corrected chi connectivity index (χ2v) is 21.8. The molecule has 0 unspecified atom stereocenters. The van der Waals surface area contributed by atoms with E-state index >= 15 is 0 Å². The molecule has 0 fully saturated rings. The molecule has 0 aromatic heterocycles. The van der Waals surface area contributed by atoms with Crippen LogP contribution in [0.15, 0.2) is 243 Å². The third kappa shape index (κ3) is 5.81. The Hall–Kier alpha value is -7.58. The summed E-state index contributed by atoms with van der Waals surface area (Å²) in [5, 5.41) is 13.0. The van der Waals surface area contributed by atoms with E-state index in [1.54, 1.807) is 0 Å². The average molecular weight is 831 g/mol. The van der Waals surface area contributed by atoms with Crippen molar-refractivity contribution in [3.8, 4) is 44.5 Å². The van der Waals surface area contributed by atoms with Gasteiger partial charge < -0.3 is 0 Å². The molecule has 0 saturated heterocycles. The monoisotopic (exact) mass is 830 g/mol. The van der Waals surface area contributed by atoms with Gasteiger partial charge in [0.2, 0.25) is 0 Å². The number of hydrogen-bond acceptors (Lipinski definition) is 0. The zero-order chi connectivity index (χ0) is 42.8. The van der Waals surface area contributed by atoms with Gasteiger partial charge in [0.15, 0.2) is 8.07 Å². The highest BCUT2D eigenvalue weighted by Gasteiger charge is 2.41. The molecule has 1 aliphatic carbocycles. The molecule has 11 aromatic rings. The predicted molar refractivity (Wildman–Crippen MR) is 276 cm³/mol. The number of fused-ring (bicyclic) bond motifs is 6. The molecule has 11 aromatic carbocycles. The van der Waals surface area contributed by atoms with E-state index in [4.69, 9.17) is 0 Å². The minimum absolute atomic E-state index is 0.108. The topological polar surface area (TPSA) is 0 Å². The average Bonchev–Trinajstić information content (AvgIpc) is 3.60. The van der Waals surface area contributed by atoms with Crippen LogP contribution in [0.2, 0.25) is 0 Å². The fourth-order valence-electron chi connectivity index (χ4n) is 11.2. The highest BCUT2D eigenvalue weighted by Crippen LogP contribution is 2.54. The molecule has 64 heavy (non-hydrogen) atoms. The Bertz CT molecular complexity index is 3450. The lowest BCUT2D eigenvalue weighted by Gasteiger charge is -2.34. The molecule has 0 aliphatic heterocycles. The van der Waals surface area contributed by atoms with Crippen molar-refractivity contribution >= 4 is 61.1 Å². The van der Waals surface area contributed by atoms with Crippen molar-refractivity contribution in [1.82, 2.24) is 0 Å². The summed E-state index contributed by atoms with van der Waals surface area (Å²) in [6, 6.07) is 91.3. The Kier molecular flexibility index (Phi) is 8.96.